The molecule has 0 spiro atoms. The first-order valence-corrected chi connectivity index (χ1v) is 13.6. The lowest BCUT2D eigenvalue weighted by molar-refractivity contribution is -0.276. The first kappa shape index (κ1) is 26.3. The van der Waals surface area contributed by atoms with Gasteiger partial charge in [0.15, 0.2) is 0 Å². The molecule has 0 saturated heterocycles. The van der Waals surface area contributed by atoms with Crippen molar-refractivity contribution < 1.29 is 39.9 Å². The molecule has 4 aliphatic carbocycles. The van der Waals surface area contributed by atoms with E-state index in [2.05, 4.69) is 0 Å². The van der Waals surface area contributed by atoms with Crippen LogP contribution < -0.4 is 0 Å². The van der Waals surface area contributed by atoms with Crippen molar-refractivity contribution in [3.63, 3.8) is 0 Å². The van der Waals surface area contributed by atoms with Crippen molar-refractivity contribution in [2.75, 3.05) is 6.61 Å². The summed E-state index contributed by atoms with van der Waals surface area (Å²) >= 11 is 0. The fourth-order valence-electron chi connectivity index (χ4n) is 9.57. The molecular weight excluding hydrogens is 464 g/mol. The van der Waals surface area contributed by atoms with Gasteiger partial charge in [-0.25, -0.2) is 4.79 Å². The molecule has 0 aromatic carbocycles. The van der Waals surface area contributed by atoms with Gasteiger partial charge in [0.25, 0.3) is 0 Å². The van der Waals surface area contributed by atoms with Crippen LogP contribution in [-0.4, -0.2) is 72.9 Å². The van der Waals surface area contributed by atoms with Gasteiger partial charge >= 0.3 is 5.97 Å². The van der Waals surface area contributed by atoms with Gasteiger partial charge in [-0.05, 0) is 83.5 Å². The normalized spacial score (nSPS) is 50.6. The van der Waals surface area contributed by atoms with Gasteiger partial charge in [0, 0.05) is 18.3 Å². The van der Waals surface area contributed by atoms with E-state index < -0.39 is 58.3 Å². The third kappa shape index (κ3) is 3.05. The lowest BCUT2D eigenvalue weighted by Crippen LogP contribution is -2.73. The van der Waals surface area contributed by atoms with Crippen LogP contribution in [0.5, 0.6) is 0 Å². The average molecular weight is 507 g/mol. The fraction of sp³-hybridized carbons (Fsp3) is 0.857. The molecule has 36 heavy (non-hydrogen) atoms. The van der Waals surface area contributed by atoms with Crippen LogP contribution in [0.3, 0.4) is 0 Å². The summed E-state index contributed by atoms with van der Waals surface area (Å²) in [5.74, 6) is -1.69. The SMILES string of the molecule is CC1=C(CO)C(=O)OC(C(C)(O)C2CCC3(O)C4CC(O)C5(O)CCCC(=O)C5(C)C4CCC23C)C1. The molecule has 0 aromatic rings. The van der Waals surface area contributed by atoms with Crippen molar-refractivity contribution in [1.29, 1.82) is 0 Å². The number of aliphatic hydroxyl groups excluding tert-OH is 2. The molecule has 8 heteroatoms. The Morgan fingerprint density at radius 2 is 1.75 bits per heavy atom. The third-order valence-electron chi connectivity index (χ3n) is 11.9. The minimum Gasteiger partial charge on any atom is -0.456 e. The maximum atomic E-state index is 13.3. The zero-order valence-corrected chi connectivity index (χ0v) is 21.9. The predicted molar refractivity (Wildman–Crippen MR) is 129 cm³/mol. The summed E-state index contributed by atoms with van der Waals surface area (Å²) in [5.41, 5.74) is -5.09. The first-order valence-electron chi connectivity index (χ1n) is 13.6. The van der Waals surface area contributed by atoms with Gasteiger partial charge in [0.1, 0.15) is 23.1 Å². The number of aliphatic hydroxyl groups is 5. The van der Waals surface area contributed by atoms with Gasteiger partial charge in [-0.1, -0.05) is 12.5 Å². The van der Waals surface area contributed by atoms with Crippen LogP contribution in [-0.2, 0) is 14.3 Å². The zero-order valence-electron chi connectivity index (χ0n) is 21.9. The number of Topliss-reactive ketones (excluding diaryl/α,β-unsaturated/α-hetero) is 1. The number of rotatable bonds is 3. The van der Waals surface area contributed by atoms with E-state index in [-0.39, 0.29) is 29.6 Å². The van der Waals surface area contributed by atoms with Crippen molar-refractivity contribution in [2.45, 2.75) is 114 Å². The van der Waals surface area contributed by atoms with Crippen molar-refractivity contribution in [3.05, 3.63) is 11.1 Å². The van der Waals surface area contributed by atoms with Crippen LogP contribution in [0.15, 0.2) is 11.1 Å². The Morgan fingerprint density at radius 3 is 2.39 bits per heavy atom. The summed E-state index contributed by atoms with van der Waals surface area (Å²) < 4.78 is 5.63. The average Bonchev–Trinajstić information content (AvgIpc) is 3.09. The number of hydrogen-bond donors (Lipinski definition) is 5. The number of carbonyl (C=O) groups is 2. The largest absolute Gasteiger partial charge is 0.456 e. The van der Waals surface area contributed by atoms with Crippen LogP contribution in [0, 0.1) is 28.6 Å². The smallest absolute Gasteiger partial charge is 0.336 e. The molecule has 4 saturated carbocycles. The third-order valence-corrected chi connectivity index (χ3v) is 11.9. The number of cyclic esters (lactones) is 1. The van der Waals surface area contributed by atoms with Gasteiger partial charge in [-0.15, -0.1) is 0 Å². The van der Waals surface area contributed by atoms with Gasteiger partial charge < -0.3 is 30.3 Å². The van der Waals surface area contributed by atoms with Crippen molar-refractivity contribution >= 4 is 11.8 Å². The molecule has 1 heterocycles. The van der Waals surface area contributed by atoms with E-state index in [9.17, 15) is 35.1 Å². The summed E-state index contributed by atoms with van der Waals surface area (Å²) in [4.78, 5) is 25.8. The fourth-order valence-corrected chi connectivity index (χ4v) is 9.57. The van der Waals surface area contributed by atoms with Crippen LogP contribution >= 0.6 is 0 Å². The van der Waals surface area contributed by atoms with Crippen LogP contribution in [0.4, 0.5) is 0 Å². The van der Waals surface area contributed by atoms with E-state index in [1.54, 1.807) is 20.8 Å². The minimum atomic E-state index is -1.48. The standard InChI is InChI=1S/C28H42O8/c1-15-12-22(36-23(32)16(15)14-29)26(4,33)19-8-11-27(34)18-13-21(31)28(35)9-5-6-20(30)25(28,3)17(18)7-10-24(19,27)2/h17-19,21-22,29,31,33-35H,5-14H2,1-4H3. The lowest BCUT2D eigenvalue weighted by atomic mass is 9.41. The molecule has 0 radical (unpaired) electrons. The molecule has 4 fully saturated rings. The Hall–Kier alpha value is -1.32. The van der Waals surface area contributed by atoms with Gasteiger partial charge in [0.2, 0.25) is 0 Å². The molecule has 8 nitrogen and oxygen atoms in total. The number of fused-ring (bicyclic) bond motifs is 5. The molecule has 202 valence electrons. The molecule has 5 rings (SSSR count). The number of ether oxygens (including phenoxy) is 1. The van der Waals surface area contributed by atoms with E-state index in [1.165, 1.54) is 0 Å². The quantitative estimate of drug-likeness (QED) is 0.365. The molecule has 10 atom stereocenters. The van der Waals surface area contributed by atoms with Gasteiger partial charge in [0.05, 0.1) is 29.3 Å². The molecular formula is C28H42O8. The van der Waals surface area contributed by atoms with Crippen LogP contribution in [0.2, 0.25) is 0 Å². The zero-order chi connectivity index (χ0) is 26.5. The van der Waals surface area contributed by atoms with Crippen molar-refractivity contribution in [3.8, 4) is 0 Å². The maximum Gasteiger partial charge on any atom is 0.336 e. The molecule has 5 aliphatic rings. The highest BCUT2D eigenvalue weighted by molar-refractivity contribution is 5.90. The minimum absolute atomic E-state index is 0.0326. The van der Waals surface area contributed by atoms with E-state index in [1.807, 2.05) is 6.92 Å². The molecule has 5 N–H and O–H groups in total. The van der Waals surface area contributed by atoms with Crippen LogP contribution in [0.1, 0.15) is 85.5 Å². The maximum absolute atomic E-state index is 13.3. The Morgan fingerprint density at radius 1 is 1.06 bits per heavy atom. The first-order chi connectivity index (χ1) is 16.7. The van der Waals surface area contributed by atoms with Gasteiger partial charge in [-0.3, -0.25) is 4.79 Å². The van der Waals surface area contributed by atoms with E-state index in [0.29, 0.717) is 56.9 Å². The van der Waals surface area contributed by atoms with E-state index in [0.717, 1.165) is 0 Å². The summed E-state index contributed by atoms with van der Waals surface area (Å²) in [6.45, 7) is 6.81. The summed E-state index contributed by atoms with van der Waals surface area (Å²) in [6.07, 6.45) is 1.98. The number of carbonyl (C=O) groups excluding carboxylic acids is 2. The second kappa shape index (κ2) is 8.09. The molecule has 0 amide bonds. The molecule has 0 bridgehead atoms. The van der Waals surface area contributed by atoms with Crippen molar-refractivity contribution in [1.82, 2.24) is 0 Å². The highest BCUT2D eigenvalue weighted by Gasteiger charge is 2.74. The number of esters is 1. The van der Waals surface area contributed by atoms with Crippen molar-refractivity contribution in [2.24, 2.45) is 28.6 Å². The highest BCUT2D eigenvalue weighted by Crippen LogP contribution is 2.70. The Labute approximate surface area is 212 Å². The topological polar surface area (TPSA) is 145 Å². The number of ketones is 1. The lowest BCUT2D eigenvalue weighted by Gasteiger charge is -2.66. The summed E-state index contributed by atoms with van der Waals surface area (Å²) in [7, 11) is 0. The summed E-state index contributed by atoms with van der Waals surface area (Å²) in [6, 6.07) is 0. The monoisotopic (exact) mass is 506 g/mol. The second-order valence-corrected chi connectivity index (χ2v) is 13.1. The van der Waals surface area contributed by atoms with Crippen LogP contribution in [0.25, 0.3) is 0 Å². The Kier molecular flexibility index (Phi) is 5.91. The predicted octanol–water partition coefficient (Wildman–Crippen LogP) is 1.79. The molecule has 10 unspecified atom stereocenters. The van der Waals surface area contributed by atoms with E-state index >= 15 is 0 Å². The second-order valence-electron chi connectivity index (χ2n) is 13.1. The number of hydrogen-bond acceptors (Lipinski definition) is 8. The Bertz CT molecular complexity index is 1000. The van der Waals surface area contributed by atoms with Gasteiger partial charge in [-0.2, -0.15) is 0 Å². The molecule has 0 aromatic heterocycles. The van der Waals surface area contributed by atoms with E-state index in [4.69, 9.17) is 4.74 Å². The molecule has 1 aliphatic heterocycles. The Balaban J connectivity index is 1.49. The highest BCUT2D eigenvalue weighted by atomic mass is 16.6. The summed E-state index contributed by atoms with van der Waals surface area (Å²) in [5, 5.41) is 56.6.